The molecular formula is C26H42O3. The van der Waals surface area contributed by atoms with Gasteiger partial charge in [-0.1, -0.05) is 52.5 Å². The van der Waals surface area contributed by atoms with Crippen LogP contribution in [0.1, 0.15) is 111 Å². The first kappa shape index (κ1) is 22.6. The van der Waals surface area contributed by atoms with E-state index in [2.05, 4.69) is 27.7 Å². The van der Waals surface area contributed by atoms with Gasteiger partial charge >= 0.3 is 5.97 Å². The van der Waals surface area contributed by atoms with Gasteiger partial charge in [-0.05, 0) is 74.7 Å². The Morgan fingerprint density at radius 1 is 1.07 bits per heavy atom. The number of carbonyl (C=O) groups is 2. The molecule has 164 valence electrons. The van der Waals surface area contributed by atoms with Crippen LogP contribution in [0.15, 0.2) is 11.6 Å². The molecule has 29 heavy (non-hydrogen) atoms. The van der Waals surface area contributed by atoms with Crippen molar-refractivity contribution in [2.24, 2.45) is 22.7 Å². The van der Waals surface area contributed by atoms with Crippen LogP contribution in [0.4, 0.5) is 0 Å². The highest BCUT2D eigenvalue weighted by Crippen LogP contribution is 2.59. The van der Waals surface area contributed by atoms with Gasteiger partial charge < -0.3 is 4.74 Å². The van der Waals surface area contributed by atoms with Crippen LogP contribution < -0.4 is 0 Å². The Bertz CT molecular complexity index is 636. The average molecular weight is 403 g/mol. The lowest BCUT2D eigenvalue weighted by Crippen LogP contribution is -2.44. The van der Waals surface area contributed by atoms with Crippen molar-refractivity contribution in [2.45, 2.75) is 117 Å². The van der Waals surface area contributed by atoms with E-state index in [0.29, 0.717) is 30.5 Å². The van der Waals surface area contributed by atoms with Gasteiger partial charge in [-0.3, -0.25) is 9.59 Å². The fraction of sp³-hybridized carbons (Fsp3) is 0.846. The van der Waals surface area contributed by atoms with Crippen molar-refractivity contribution in [3.05, 3.63) is 11.6 Å². The number of fused-ring (bicyclic) bond motifs is 1. The van der Waals surface area contributed by atoms with Gasteiger partial charge in [-0.25, -0.2) is 0 Å². The second-order valence-corrected chi connectivity index (χ2v) is 10.4. The predicted molar refractivity (Wildman–Crippen MR) is 118 cm³/mol. The Morgan fingerprint density at radius 2 is 1.86 bits per heavy atom. The van der Waals surface area contributed by atoms with Crippen LogP contribution in [-0.4, -0.2) is 17.9 Å². The lowest BCUT2D eigenvalue weighted by Gasteiger charge is -2.50. The second-order valence-electron chi connectivity index (χ2n) is 10.4. The number of unbranched alkanes of at least 4 members (excludes halogenated alkanes) is 3. The molecule has 0 saturated heterocycles. The Kier molecular flexibility index (Phi) is 7.27. The van der Waals surface area contributed by atoms with E-state index in [0.717, 1.165) is 38.5 Å². The Hall–Kier alpha value is -1.12. The van der Waals surface area contributed by atoms with E-state index in [1.54, 1.807) is 0 Å². The molecule has 0 spiro atoms. The van der Waals surface area contributed by atoms with Crippen LogP contribution in [0.25, 0.3) is 0 Å². The van der Waals surface area contributed by atoms with Crippen molar-refractivity contribution in [1.29, 1.82) is 0 Å². The summed E-state index contributed by atoms with van der Waals surface area (Å²) in [5, 5.41) is 0. The number of ketones is 1. The summed E-state index contributed by atoms with van der Waals surface area (Å²) in [7, 11) is 0. The third kappa shape index (κ3) is 4.64. The van der Waals surface area contributed by atoms with Gasteiger partial charge in [0, 0.05) is 18.3 Å². The van der Waals surface area contributed by atoms with Crippen LogP contribution in [-0.2, 0) is 14.3 Å². The van der Waals surface area contributed by atoms with E-state index in [1.165, 1.54) is 37.7 Å². The van der Waals surface area contributed by atoms with Gasteiger partial charge in [-0.2, -0.15) is 0 Å². The smallest absolute Gasteiger partial charge is 0.306 e. The maximum absolute atomic E-state index is 12.4. The van der Waals surface area contributed by atoms with Crippen molar-refractivity contribution in [3.63, 3.8) is 0 Å². The molecule has 0 aromatic carbocycles. The van der Waals surface area contributed by atoms with Crippen molar-refractivity contribution < 1.29 is 14.3 Å². The number of rotatable bonds is 8. The minimum Gasteiger partial charge on any atom is -0.462 e. The third-order valence-corrected chi connectivity index (χ3v) is 8.80. The first-order valence-corrected chi connectivity index (χ1v) is 12.3. The molecule has 3 rings (SSSR count). The third-order valence-electron chi connectivity index (χ3n) is 8.80. The van der Waals surface area contributed by atoms with Crippen molar-refractivity contribution in [2.75, 3.05) is 0 Å². The Balaban J connectivity index is 1.61. The van der Waals surface area contributed by atoms with Crippen LogP contribution in [0, 0.1) is 22.7 Å². The zero-order valence-corrected chi connectivity index (χ0v) is 19.2. The van der Waals surface area contributed by atoms with Gasteiger partial charge in [0.2, 0.25) is 0 Å². The molecule has 3 aliphatic carbocycles. The molecule has 0 heterocycles. The summed E-state index contributed by atoms with van der Waals surface area (Å²) in [4.78, 5) is 24.4. The number of hydrogen-bond donors (Lipinski definition) is 0. The highest BCUT2D eigenvalue weighted by Gasteiger charge is 2.54. The number of esters is 1. The molecule has 5 unspecified atom stereocenters. The van der Waals surface area contributed by atoms with E-state index in [-0.39, 0.29) is 22.9 Å². The minimum atomic E-state index is 0.0176. The van der Waals surface area contributed by atoms with Crippen molar-refractivity contribution in [3.8, 4) is 0 Å². The van der Waals surface area contributed by atoms with Crippen LogP contribution >= 0.6 is 0 Å². The van der Waals surface area contributed by atoms with Crippen LogP contribution in [0.5, 0.6) is 0 Å². The maximum atomic E-state index is 12.4. The largest absolute Gasteiger partial charge is 0.462 e. The molecule has 3 aliphatic rings. The Morgan fingerprint density at radius 3 is 2.59 bits per heavy atom. The quantitative estimate of drug-likeness (QED) is 0.331. The molecule has 0 amide bonds. The molecule has 0 aromatic rings. The summed E-state index contributed by atoms with van der Waals surface area (Å²) < 4.78 is 6.03. The molecule has 2 fully saturated rings. The zero-order chi connectivity index (χ0) is 21.1. The van der Waals surface area contributed by atoms with Gasteiger partial charge in [0.05, 0.1) is 0 Å². The lowest BCUT2D eigenvalue weighted by atomic mass is 9.55. The summed E-state index contributed by atoms with van der Waals surface area (Å²) in [6.45, 7) is 9.17. The molecule has 0 aromatic heterocycles. The minimum absolute atomic E-state index is 0.0176. The van der Waals surface area contributed by atoms with Gasteiger partial charge in [-0.15, -0.1) is 0 Å². The molecule has 3 nitrogen and oxygen atoms in total. The van der Waals surface area contributed by atoms with E-state index in [1.807, 2.05) is 6.08 Å². The summed E-state index contributed by atoms with van der Waals surface area (Å²) in [6, 6.07) is 0. The molecule has 3 heteroatoms. The first-order valence-electron chi connectivity index (χ1n) is 12.3. The summed E-state index contributed by atoms with van der Waals surface area (Å²) in [6.07, 6.45) is 15.6. The lowest BCUT2D eigenvalue weighted by molar-refractivity contribution is -0.157. The molecule has 5 atom stereocenters. The molecule has 0 aliphatic heterocycles. The number of hydrogen-bond acceptors (Lipinski definition) is 3. The van der Waals surface area contributed by atoms with Gasteiger partial charge in [0.25, 0.3) is 0 Å². The fourth-order valence-electron chi connectivity index (χ4n) is 6.61. The van der Waals surface area contributed by atoms with Crippen LogP contribution in [0.3, 0.4) is 0 Å². The maximum Gasteiger partial charge on any atom is 0.306 e. The molecule has 2 saturated carbocycles. The van der Waals surface area contributed by atoms with E-state index in [9.17, 15) is 9.59 Å². The van der Waals surface area contributed by atoms with Gasteiger partial charge in [0.1, 0.15) is 6.10 Å². The summed E-state index contributed by atoms with van der Waals surface area (Å²) >= 11 is 0. The summed E-state index contributed by atoms with van der Waals surface area (Å²) in [5.41, 5.74) is 1.69. The predicted octanol–water partition coefficient (Wildman–Crippen LogP) is 6.79. The van der Waals surface area contributed by atoms with Gasteiger partial charge in [0.15, 0.2) is 5.78 Å². The first-order chi connectivity index (χ1) is 13.8. The molecule has 0 radical (unpaired) electrons. The SMILES string of the molecule is CCCCCCC(=O)OC1CCC2CC(C3(C)CCC(=O)C=C3CC)CCC21C. The monoisotopic (exact) mass is 402 g/mol. The Labute approximate surface area is 178 Å². The van der Waals surface area contributed by atoms with Crippen molar-refractivity contribution >= 4 is 11.8 Å². The standard InChI is InChI=1S/C26H42O3/c1-5-7-8-9-10-24(28)29-23-12-11-20-17-21(13-15-26(20,23)4)25(3)16-14-22(27)18-19(25)6-2/h18,20-21,23H,5-17H2,1-4H3. The van der Waals surface area contributed by atoms with Crippen molar-refractivity contribution in [1.82, 2.24) is 0 Å². The van der Waals surface area contributed by atoms with E-state index >= 15 is 0 Å². The second kappa shape index (κ2) is 9.35. The van der Waals surface area contributed by atoms with Crippen LogP contribution in [0.2, 0.25) is 0 Å². The zero-order valence-electron chi connectivity index (χ0n) is 19.2. The molecule has 0 N–H and O–H groups in total. The topological polar surface area (TPSA) is 43.4 Å². The van der Waals surface area contributed by atoms with E-state index < -0.39 is 0 Å². The molecular weight excluding hydrogens is 360 g/mol. The highest BCUT2D eigenvalue weighted by atomic mass is 16.5. The number of carbonyl (C=O) groups excluding carboxylic acids is 2. The van der Waals surface area contributed by atoms with E-state index in [4.69, 9.17) is 4.74 Å². The summed E-state index contributed by atoms with van der Waals surface area (Å²) in [5.74, 6) is 1.63. The number of ether oxygens (including phenoxy) is 1. The normalized spacial score (nSPS) is 37.2. The highest BCUT2D eigenvalue weighted by molar-refractivity contribution is 5.91. The molecule has 0 bridgehead atoms. The average Bonchev–Trinajstić information content (AvgIpc) is 3.02. The fourth-order valence-corrected chi connectivity index (χ4v) is 6.61. The number of allylic oxidation sites excluding steroid dienone is 2.